The third kappa shape index (κ3) is 9.65. The van der Waals surface area contributed by atoms with Gasteiger partial charge in [0.2, 0.25) is 0 Å². The molecule has 0 radical (unpaired) electrons. The van der Waals surface area contributed by atoms with Crippen molar-refractivity contribution in [1.29, 1.82) is 0 Å². The number of carbonyl (C=O) groups excluding carboxylic acids is 1. The molecule has 1 rings (SSSR count). The molecule has 0 saturated carbocycles. The van der Waals surface area contributed by atoms with Crippen molar-refractivity contribution in [2.45, 2.75) is 83.7 Å². The van der Waals surface area contributed by atoms with E-state index in [1.165, 1.54) is 0 Å². The molecule has 1 aromatic carbocycles. The van der Waals surface area contributed by atoms with E-state index in [1.54, 1.807) is 20.8 Å². The molecule has 0 aromatic heterocycles. The smallest absolute Gasteiger partial charge is 0.407 e. The minimum atomic E-state index is -2.21. The summed E-state index contributed by atoms with van der Waals surface area (Å²) in [5.74, 6) is 0.738. The van der Waals surface area contributed by atoms with E-state index in [1.807, 2.05) is 37.4 Å². The summed E-state index contributed by atoms with van der Waals surface area (Å²) in [5.41, 5.74) is 0.319. The third-order valence-electron chi connectivity index (χ3n) is 5.17. The van der Waals surface area contributed by atoms with Gasteiger partial charge in [-0.2, -0.15) is 0 Å². The molecule has 3 N–H and O–H groups in total. The van der Waals surface area contributed by atoms with Crippen LogP contribution in [-0.2, 0) is 11.2 Å². The topological polar surface area (TPSA) is 88.0 Å². The van der Waals surface area contributed by atoms with Crippen LogP contribution in [-0.4, -0.2) is 49.2 Å². The first-order valence-corrected chi connectivity index (χ1v) is 13.2. The van der Waals surface area contributed by atoms with Gasteiger partial charge in [0.1, 0.15) is 11.4 Å². The van der Waals surface area contributed by atoms with Gasteiger partial charge >= 0.3 is 6.09 Å². The lowest BCUT2D eigenvalue weighted by atomic mass is 10.1. The van der Waals surface area contributed by atoms with Crippen molar-refractivity contribution in [1.82, 2.24) is 5.32 Å². The summed E-state index contributed by atoms with van der Waals surface area (Å²) in [7, 11) is -2.21. The van der Waals surface area contributed by atoms with Gasteiger partial charge in [-0.25, -0.2) is 4.79 Å². The van der Waals surface area contributed by atoms with E-state index in [4.69, 9.17) is 9.47 Å². The van der Waals surface area contributed by atoms with Gasteiger partial charge < -0.3 is 24.7 Å². The first-order chi connectivity index (χ1) is 13.2. The largest absolute Gasteiger partial charge is 0.493 e. The molecule has 1 atom stereocenters. The highest BCUT2D eigenvalue weighted by Crippen LogP contribution is 2.39. The Kier molecular flexibility index (Phi) is 9.18. The number of para-hydroxylation sites is 1. The van der Waals surface area contributed by atoms with Crippen LogP contribution in [0, 0.1) is 0 Å². The Bertz CT molecular complexity index is 649. The maximum absolute atomic E-state index is 11.7. The van der Waals surface area contributed by atoms with E-state index in [0.29, 0.717) is 13.0 Å². The van der Waals surface area contributed by atoms with Crippen LogP contribution in [0.5, 0.6) is 5.75 Å². The Morgan fingerprint density at radius 1 is 1.17 bits per heavy atom. The normalized spacial score (nSPS) is 13.7. The summed E-state index contributed by atoms with van der Waals surface area (Å²) < 4.78 is 11.1. The Balaban J connectivity index is 2.52. The van der Waals surface area contributed by atoms with Gasteiger partial charge in [0, 0.05) is 13.0 Å². The Morgan fingerprint density at radius 3 is 2.38 bits per heavy atom. The molecular formula is C22H39NO5Si. The number of aliphatic hydroxyl groups excluding tert-OH is 1. The van der Waals surface area contributed by atoms with Crippen LogP contribution in [0.1, 0.15) is 53.0 Å². The summed E-state index contributed by atoms with van der Waals surface area (Å²) in [5, 5.41) is 12.8. The van der Waals surface area contributed by atoms with E-state index >= 15 is 0 Å². The molecule has 0 spiro atoms. The van der Waals surface area contributed by atoms with Gasteiger partial charge in [-0.3, -0.25) is 0 Å². The number of ether oxygens (including phenoxy) is 2. The maximum Gasteiger partial charge on any atom is 0.407 e. The first-order valence-electron chi connectivity index (χ1n) is 10.3. The Morgan fingerprint density at radius 2 is 1.79 bits per heavy atom. The molecule has 0 aliphatic rings. The molecule has 0 aliphatic heterocycles. The van der Waals surface area contributed by atoms with Crippen LogP contribution in [0.15, 0.2) is 24.3 Å². The summed E-state index contributed by atoms with van der Waals surface area (Å²) in [4.78, 5) is 22.1. The molecule has 0 bridgehead atoms. The Hall–Kier alpha value is -1.57. The van der Waals surface area contributed by atoms with Gasteiger partial charge in [0.15, 0.2) is 8.32 Å². The number of alkyl carbamates (subject to hydrolysis) is 1. The van der Waals surface area contributed by atoms with Crippen LogP contribution in [0.2, 0.25) is 18.1 Å². The maximum atomic E-state index is 11.7. The van der Waals surface area contributed by atoms with Crippen molar-refractivity contribution in [3.05, 3.63) is 29.8 Å². The standard InChI is InChI=1S/C22H39NO5Si/c1-21(2,3)28-20(25)23-16-18(24)15-17-11-8-9-12-19(17)27-14-10-13-22(4,5)29(6,7)26/h8-9,11-12,18,24,26H,10,13-16H2,1-7H3,(H,23,25)/t18-/m0/s1. The third-order valence-corrected chi connectivity index (χ3v) is 8.73. The summed E-state index contributed by atoms with van der Waals surface area (Å²) in [6.45, 7) is 14.2. The average molecular weight is 426 g/mol. The van der Waals surface area contributed by atoms with E-state index < -0.39 is 26.1 Å². The fourth-order valence-electron chi connectivity index (χ4n) is 2.66. The van der Waals surface area contributed by atoms with Crippen molar-refractivity contribution < 1.29 is 24.2 Å². The first kappa shape index (κ1) is 25.5. The molecular weight excluding hydrogens is 386 g/mol. The van der Waals surface area contributed by atoms with Gasteiger partial charge in [-0.15, -0.1) is 0 Å². The van der Waals surface area contributed by atoms with Crippen LogP contribution in [0.3, 0.4) is 0 Å². The summed E-state index contributed by atoms with van der Waals surface area (Å²) in [6, 6.07) is 7.61. The zero-order valence-corrected chi connectivity index (χ0v) is 20.0. The molecule has 0 saturated heterocycles. The Labute approximate surface area is 176 Å². The molecule has 0 fully saturated rings. The highest BCUT2D eigenvalue weighted by atomic mass is 28.4. The molecule has 1 aromatic rings. The van der Waals surface area contributed by atoms with E-state index in [9.17, 15) is 14.7 Å². The number of nitrogens with one attached hydrogen (secondary N) is 1. The number of aliphatic hydroxyl groups is 1. The van der Waals surface area contributed by atoms with E-state index in [0.717, 1.165) is 24.2 Å². The lowest BCUT2D eigenvalue weighted by Gasteiger charge is -2.35. The van der Waals surface area contributed by atoms with E-state index in [-0.39, 0.29) is 11.6 Å². The quantitative estimate of drug-likeness (QED) is 0.385. The monoisotopic (exact) mass is 425 g/mol. The minimum absolute atomic E-state index is 0.0700. The molecule has 7 heteroatoms. The number of hydrogen-bond acceptors (Lipinski definition) is 5. The molecule has 0 aliphatic carbocycles. The second-order valence-corrected chi connectivity index (χ2v) is 14.2. The number of carbonyl (C=O) groups is 1. The number of amides is 1. The van der Waals surface area contributed by atoms with Crippen LogP contribution >= 0.6 is 0 Å². The molecule has 29 heavy (non-hydrogen) atoms. The highest BCUT2D eigenvalue weighted by Gasteiger charge is 2.37. The van der Waals surface area contributed by atoms with Gasteiger partial charge in [0.25, 0.3) is 0 Å². The van der Waals surface area contributed by atoms with Crippen LogP contribution < -0.4 is 10.1 Å². The van der Waals surface area contributed by atoms with Crippen molar-refractivity contribution >= 4 is 14.4 Å². The number of rotatable bonds is 10. The second-order valence-electron chi connectivity index (χ2n) is 9.74. The molecule has 0 heterocycles. The fourth-order valence-corrected chi connectivity index (χ4v) is 3.45. The average Bonchev–Trinajstić information content (AvgIpc) is 2.55. The molecule has 6 nitrogen and oxygen atoms in total. The lowest BCUT2D eigenvalue weighted by Crippen LogP contribution is -2.39. The van der Waals surface area contributed by atoms with Gasteiger partial charge in [-0.05, 0) is 63.4 Å². The van der Waals surface area contributed by atoms with Crippen LogP contribution in [0.25, 0.3) is 0 Å². The zero-order valence-electron chi connectivity index (χ0n) is 19.0. The number of hydrogen-bond donors (Lipinski definition) is 3. The molecule has 1 amide bonds. The zero-order chi connectivity index (χ0) is 22.3. The van der Waals surface area contributed by atoms with Crippen molar-refractivity contribution in [2.75, 3.05) is 13.2 Å². The highest BCUT2D eigenvalue weighted by molar-refractivity contribution is 6.72. The fraction of sp³-hybridized carbons (Fsp3) is 0.682. The predicted molar refractivity (Wildman–Crippen MR) is 119 cm³/mol. The van der Waals surface area contributed by atoms with Crippen molar-refractivity contribution in [3.63, 3.8) is 0 Å². The van der Waals surface area contributed by atoms with E-state index in [2.05, 4.69) is 19.2 Å². The minimum Gasteiger partial charge on any atom is -0.493 e. The number of benzene rings is 1. The molecule has 166 valence electrons. The SMILES string of the molecule is CC(C)(C)OC(=O)NC[C@@H](O)Cc1ccccc1OCCCC(C)(C)[Si](C)(C)O. The van der Waals surface area contributed by atoms with Crippen molar-refractivity contribution in [2.24, 2.45) is 0 Å². The van der Waals surface area contributed by atoms with Crippen molar-refractivity contribution in [3.8, 4) is 5.75 Å². The lowest BCUT2D eigenvalue weighted by molar-refractivity contribution is 0.0492. The second kappa shape index (κ2) is 10.5. The van der Waals surface area contributed by atoms with Crippen LogP contribution in [0.4, 0.5) is 4.79 Å². The van der Waals surface area contributed by atoms with Gasteiger partial charge in [-0.1, -0.05) is 32.0 Å². The van der Waals surface area contributed by atoms with Gasteiger partial charge in [0.05, 0.1) is 12.7 Å². The predicted octanol–water partition coefficient (Wildman–Crippen LogP) is 4.25. The summed E-state index contributed by atoms with van der Waals surface area (Å²) in [6.07, 6.45) is 0.828. The summed E-state index contributed by atoms with van der Waals surface area (Å²) >= 11 is 0. The molecule has 0 unspecified atom stereocenters.